The van der Waals surface area contributed by atoms with Crippen LogP contribution in [0.4, 0.5) is 4.39 Å². The number of carbonyl (C=O) groups excluding carboxylic acids is 1. The Hall–Kier alpha value is -2.33. The molecule has 1 saturated heterocycles. The number of nitrogens with zero attached hydrogens (tertiary/aromatic N) is 1. The topological polar surface area (TPSA) is 82.1 Å². The molecule has 0 saturated carbocycles. The van der Waals surface area contributed by atoms with E-state index in [1.54, 1.807) is 17.0 Å². The maximum Gasteiger partial charge on any atom is 0.264 e. The van der Waals surface area contributed by atoms with Crippen molar-refractivity contribution >= 4 is 16.0 Å². The largest absolute Gasteiger partial charge is 0.370 e. The highest BCUT2D eigenvalue weighted by Gasteiger charge is 2.42. The second-order valence-electron chi connectivity index (χ2n) is 9.05. The van der Waals surface area contributed by atoms with Gasteiger partial charge in [-0.15, -0.1) is 0 Å². The van der Waals surface area contributed by atoms with E-state index in [-0.39, 0.29) is 30.9 Å². The zero-order valence-corrected chi connectivity index (χ0v) is 20.3. The Balaban J connectivity index is 1.62. The van der Waals surface area contributed by atoms with Gasteiger partial charge in [0.25, 0.3) is 16.0 Å². The monoisotopic (exact) mass is 491 g/mol. The number of benzene rings is 2. The average molecular weight is 492 g/mol. The first kappa shape index (κ1) is 24.8. The van der Waals surface area contributed by atoms with Crippen LogP contribution in [0.15, 0.2) is 48.5 Å². The molecule has 2 aromatic carbocycles. The lowest BCUT2D eigenvalue weighted by Crippen LogP contribution is -2.53. The Morgan fingerprint density at radius 3 is 2.50 bits per heavy atom. The normalized spacial score (nSPS) is 25.3. The molecular formula is C25H30FNO6S. The van der Waals surface area contributed by atoms with E-state index in [2.05, 4.69) is 0 Å². The number of halogens is 1. The van der Waals surface area contributed by atoms with E-state index in [0.29, 0.717) is 13.0 Å². The van der Waals surface area contributed by atoms with Crippen molar-refractivity contribution in [2.24, 2.45) is 0 Å². The SMILES string of the molecule is CC(C)O[C@H]1CO[C@@H](C(=O)N2CCc3ccccc3[C@@H]2c2ccc(F)cc2)C[C@@H]1OS(C)(=O)=O. The van der Waals surface area contributed by atoms with E-state index < -0.39 is 34.5 Å². The summed E-state index contributed by atoms with van der Waals surface area (Å²) >= 11 is 0. The van der Waals surface area contributed by atoms with Crippen LogP contribution in [-0.4, -0.2) is 63.0 Å². The molecule has 0 spiro atoms. The summed E-state index contributed by atoms with van der Waals surface area (Å²) in [5.41, 5.74) is 2.91. The molecule has 1 fully saturated rings. The Morgan fingerprint density at radius 1 is 1.12 bits per heavy atom. The van der Waals surface area contributed by atoms with Crippen LogP contribution in [0.3, 0.4) is 0 Å². The third-order valence-electron chi connectivity index (χ3n) is 6.10. The van der Waals surface area contributed by atoms with Gasteiger partial charge in [-0.05, 0) is 49.1 Å². The number of rotatable bonds is 6. The maximum absolute atomic E-state index is 13.7. The number of amides is 1. The van der Waals surface area contributed by atoms with Crippen molar-refractivity contribution in [3.8, 4) is 0 Å². The summed E-state index contributed by atoms with van der Waals surface area (Å²) in [6.45, 7) is 4.18. The quantitative estimate of drug-likeness (QED) is 0.577. The van der Waals surface area contributed by atoms with Gasteiger partial charge in [-0.3, -0.25) is 8.98 Å². The lowest BCUT2D eigenvalue weighted by molar-refractivity contribution is -0.173. The van der Waals surface area contributed by atoms with Gasteiger partial charge >= 0.3 is 0 Å². The molecule has 0 bridgehead atoms. The van der Waals surface area contributed by atoms with Crippen LogP contribution in [0, 0.1) is 5.82 Å². The molecule has 4 atom stereocenters. The third-order valence-corrected chi connectivity index (χ3v) is 6.69. The summed E-state index contributed by atoms with van der Waals surface area (Å²) in [5, 5.41) is 0. The van der Waals surface area contributed by atoms with Crippen molar-refractivity contribution in [2.45, 2.75) is 57.1 Å². The van der Waals surface area contributed by atoms with Gasteiger partial charge in [0.2, 0.25) is 0 Å². The number of ether oxygens (including phenoxy) is 2. The highest BCUT2D eigenvalue weighted by molar-refractivity contribution is 7.86. The van der Waals surface area contributed by atoms with Crippen molar-refractivity contribution in [1.82, 2.24) is 4.90 Å². The fourth-order valence-corrected chi connectivity index (χ4v) is 5.37. The zero-order chi connectivity index (χ0) is 24.5. The molecule has 2 aliphatic rings. The summed E-state index contributed by atoms with van der Waals surface area (Å²) in [4.78, 5) is 15.5. The second-order valence-corrected chi connectivity index (χ2v) is 10.7. The van der Waals surface area contributed by atoms with Crippen molar-refractivity contribution in [3.05, 3.63) is 71.0 Å². The molecule has 2 aliphatic heterocycles. The third kappa shape index (κ3) is 5.66. The lowest BCUT2D eigenvalue weighted by Gasteiger charge is -2.42. The Labute approximate surface area is 199 Å². The maximum atomic E-state index is 13.7. The van der Waals surface area contributed by atoms with Crippen molar-refractivity contribution in [3.63, 3.8) is 0 Å². The summed E-state index contributed by atoms with van der Waals surface area (Å²) in [6.07, 6.45) is -0.764. The minimum Gasteiger partial charge on any atom is -0.370 e. The Morgan fingerprint density at radius 2 is 1.82 bits per heavy atom. The van der Waals surface area contributed by atoms with Gasteiger partial charge in [-0.1, -0.05) is 36.4 Å². The fourth-order valence-electron chi connectivity index (χ4n) is 4.72. The molecule has 0 unspecified atom stereocenters. The van der Waals surface area contributed by atoms with E-state index >= 15 is 0 Å². The zero-order valence-electron chi connectivity index (χ0n) is 19.5. The molecule has 1 amide bonds. The van der Waals surface area contributed by atoms with E-state index in [4.69, 9.17) is 13.7 Å². The Bertz CT molecular complexity index is 1120. The van der Waals surface area contributed by atoms with Crippen LogP contribution in [-0.2, 0) is 35.0 Å². The molecule has 9 heteroatoms. The number of hydrogen-bond donors (Lipinski definition) is 0. The van der Waals surface area contributed by atoms with Crippen LogP contribution in [0.5, 0.6) is 0 Å². The smallest absolute Gasteiger partial charge is 0.264 e. The van der Waals surface area contributed by atoms with Gasteiger partial charge in [-0.2, -0.15) is 8.42 Å². The Kier molecular flexibility index (Phi) is 7.37. The van der Waals surface area contributed by atoms with Crippen LogP contribution >= 0.6 is 0 Å². The van der Waals surface area contributed by atoms with Gasteiger partial charge in [0.1, 0.15) is 24.1 Å². The van der Waals surface area contributed by atoms with Crippen molar-refractivity contribution in [1.29, 1.82) is 0 Å². The first-order valence-corrected chi connectivity index (χ1v) is 13.2. The molecule has 184 valence electrons. The number of hydrogen-bond acceptors (Lipinski definition) is 6. The van der Waals surface area contributed by atoms with E-state index in [0.717, 1.165) is 22.9 Å². The van der Waals surface area contributed by atoms with Crippen LogP contribution in [0.25, 0.3) is 0 Å². The van der Waals surface area contributed by atoms with Gasteiger partial charge in [0.05, 0.1) is 25.0 Å². The van der Waals surface area contributed by atoms with Crippen LogP contribution in [0.2, 0.25) is 0 Å². The predicted molar refractivity (Wildman–Crippen MR) is 124 cm³/mol. The molecule has 0 aliphatic carbocycles. The fraction of sp³-hybridized carbons (Fsp3) is 0.480. The summed E-state index contributed by atoms with van der Waals surface area (Å²) in [6, 6.07) is 13.6. The van der Waals surface area contributed by atoms with Crippen molar-refractivity contribution in [2.75, 3.05) is 19.4 Å². The number of fused-ring (bicyclic) bond motifs is 1. The first-order chi connectivity index (χ1) is 16.1. The molecule has 2 heterocycles. The molecule has 0 N–H and O–H groups in total. The minimum absolute atomic E-state index is 0.0421. The lowest BCUT2D eigenvalue weighted by atomic mass is 9.87. The highest BCUT2D eigenvalue weighted by Crippen LogP contribution is 2.37. The summed E-state index contributed by atoms with van der Waals surface area (Å²) in [7, 11) is -3.76. The predicted octanol–water partition coefficient (Wildman–Crippen LogP) is 3.23. The molecule has 2 aromatic rings. The summed E-state index contributed by atoms with van der Waals surface area (Å²) < 4.78 is 54.3. The molecule has 0 aromatic heterocycles. The highest BCUT2D eigenvalue weighted by atomic mass is 32.2. The first-order valence-electron chi connectivity index (χ1n) is 11.4. The van der Waals surface area contributed by atoms with E-state index in [1.165, 1.54) is 12.1 Å². The van der Waals surface area contributed by atoms with Gasteiger partial charge in [-0.25, -0.2) is 4.39 Å². The second kappa shape index (κ2) is 10.1. The average Bonchev–Trinajstić information content (AvgIpc) is 2.78. The summed E-state index contributed by atoms with van der Waals surface area (Å²) in [5.74, 6) is -0.604. The number of carbonyl (C=O) groups is 1. The van der Waals surface area contributed by atoms with Gasteiger partial charge in [0.15, 0.2) is 0 Å². The van der Waals surface area contributed by atoms with E-state index in [9.17, 15) is 17.6 Å². The molecule has 0 radical (unpaired) electrons. The standard InChI is InChI=1S/C25H30FNO6S/c1-16(2)32-23-15-31-22(14-21(23)33-34(3,29)30)25(28)27-13-12-17-6-4-5-7-20(17)24(27)18-8-10-19(26)11-9-18/h4-11,16,21-24H,12-15H2,1-3H3/t21-,22+,23-,24-/m0/s1. The van der Waals surface area contributed by atoms with Gasteiger partial charge in [0, 0.05) is 13.0 Å². The van der Waals surface area contributed by atoms with Crippen LogP contribution < -0.4 is 0 Å². The van der Waals surface area contributed by atoms with Crippen molar-refractivity contribution < 1.29 is 31.3 Å². The molecule has 4 rings (SSSR count). The molecular weight excluding hydrogens is 461 g/mol. The van der Waals surface area contributed by atoms with Gasteiger partial charge < -0.3 is 14.4 Å². The molecule has 34 heavy (non-hydrogen) atoms. The van der Waals surface area contributed by atoms with E-state index in [1.807, 2.05) is 38.1 Å². The molecule has 7 nitrogen and oxygen atoms in total. The minimum atomic E-state index is -3.76. The van der Waals surface area contributed by atoms with Crippen LogP contribution in [0.1, 0.15) is 43.0 Å².